The molecule has 3 aromatic rings. The number of halogens is 2. The summed E-state index contributed by atoms with van der Waals surface area (Å²) in [6, 6.07) is 13.4. The molecule has 1 aromatic heterocycles. The van der Waals surface area contributed by atoms with Crippen molar-refractivity contribution in [1.29, 1.82) is 0 Å². The zero-order chi connectivity index (χ0) is 20.1. The molecule has 9 heteroatoms. The van der Waals surface area contributed by atoms with Gasteiger partial charge in [0.15, 0.2) is 0 Å². The summed E-state index contributed by atoms with van der Waals surface area (Å²) in [6.07, 6.45) is 3.10. The number of hydrogen-bond acceptors (Lipinski definition) is 6. The molecule has 0 saturated carbocycles. The molecule has 0 spiro atoms. The Balaban J connectivity index is 1.95. The zero-order valence-electron chi connectivity index (χ0n) is 14.1. The Morgan fingerprint density at radius 2 is 1.64 bits per heavy atom. The molecule has 0 aliphatic rings. The van der Waals surface area contributed by atoms with Crippen molar-refractivity contribution < 1.29 is 14.6 Å². The third kappa shape index (κ3) is 4.51. The monoisotopic (exact) mass is 415 g/mol. The van der Waals surface area contributed by atoms with Crippen LogP contribution in [0.5, 0.6) is 0 Å². The van der Waals surface area contributed by atoms with E-state index in [-0.39, 0.29) is 16.3 Å². The Labute approximate surface area is 169 Å². The van der Waals surface area contributed by atoms with Gasteiger partial charge in [-0.05, 0) is 42.5 Å². The molecule has 0 bridgehead atoms. The van der Waals surface area contributed by atoms with E-state index in [4.69, 9.17) is 28.0 Å². The minimum atomic E-state index is -0.768. The number of nitro groups is 1. The first-order chi connectivity index (χ1) is 13.5. The number of nitro benzene ring substituents is 1. The lowest BCUT2D eigenvalue weighted by Gasteiger charge is -2.07. The lowest BCUT2D eigenvalue weighted by atomic mass is 10.0. The van der Waals surface area contributed by atoms with Gasteiger partial charge in [-0.1, -0.05) is 28.4 Å². The number of non-ortho nitro benzene ring substituents is 1. The van der Waals surface area contributed by atoms with Gasteiger partial charge in [0, 0.05) is 40.7 Å². The van der Waals surface area contributed by atoms with Gasteiger partial charge in [-0.2, -0.15) is 0 Å². The lowest BCUT2D eigenvalue weighted by molar-refractivity contribution is -0.384. The van der Waals surface area contributed by atoms with Gasteiger partial charge in [-0.15, -0.1) is 0 Å². The molecule has 7 nitrogen and oxygen atoms in total. The van der Waals surface area contributed by atoms with Gasteiger partial charge in [0.25, 0.3) is 5.69 Å². The molecule has 3 rings (SSSR count). The van der Waals surface area contributed by atoms with Crippen LogP contribution in [0.25, 0.3) is 0 Å². The summed E-state index contributed by atoms with van der Waals surface area (Å²) in [4.78, 5) is 31.7. The van der Waals surface area contributed by atoms with Crippen LogP contribution in [0.3, 0.4) is 0 Å². The predicted octanol–water partition coefficient (Wildman–Crippen LogP) is 4.91. The molecule has 140 valence electrons. The fourth-order valence-electron chi connectivity index (χ4n) is 2.31. The highest BCUT2D eigenvalue weighted by atomic mass is 35.5. The standard InChI is InChI=1S/C19H11Cl2N3O4/c20-14-3-6-16(17(21)11-14)19(25)28-23-18(13-7-9-22-10-8-13)12-1-4-15(5-2-12)24(26)27/h1-11H. The van der Waals surface area contributed by atoms with E-state index < -0.39 is 10.9 Å². The fourth-order valence-corrected chi connectivity index (χ4v) is 2.80. The Morgan fingerprint density at radius 3 is 2.25 bits per heavy atom. The number of nitrogens with zero attached hydrogens (tertiary/aromatic N) is 3. The van der Waals surface area contributed by atoms with E-state index in [1.807, 2.05) is 0 Å². The molecular formula is C19H11Cl2N3O4. The summed E-state index contributed by atoms with van der Waals surface area (Å²) < 4.78 is 0. The van der Waals surface area contributed by atoms with Crippen molar-refractivity contribution in [3.8, 4) is 0 Å². The van der Waals surface area contributed by atoms with E-state index >= 15 is 0 Å². The number of rotatable bonds is 5. The highest BCUT2D eigenvalue weighted by Crippen LogP contribution is 2.22. The largest absolute Gasteiger partial charge is 0.367 e. The average Bonchev–Trinajstić information content (AvgIpc) is 2.69. The first kappa shape index (κ1) is 19.5. The van der Waals surface area contributed by atoms with Gasteiger partial charge < -0.3 is 4.84 Å². The number of hydrogen-bond donors (Lipinski definition) is 0. The van der Waals surface area contributed by atoms with Crippen LogP contribution in [-0.4, -0.2) is 21.6 Å². The highest BCUT2D eigenvalue weighted by molar-refractivity contribution is 6.36. The van der Waals surface area contributed by atoms with Crippen molar-refractivity contribution in [2.24, 2.45) is 5.16 Å². The van der Waals surface area contributed by atoms with Gasteiger partial charge in [-0.25, -0.2) is 4.79 Å². The Hall–Kier alpha value is -3.29. The van der Waals surface area contributed by atoms with Crippen LogP contribution < -0.4 is 0 Å². The topological polar surface area (TPSA) is 94.7 Å². The van der Waals surface area contributed by atoms with Gasteiger partial charge >= 0.3 is 5.97 Å². The van der Waals surface area contributed by atoms with Crippen LogP contribution in [0, 0.1) is 10.1 Å². The second-order valence-electron chi connectivity index (χ2n) is 5.48. The van der Waals surface area contributed by atoms with Gasteiger partial charge in [0.05, 0.1) is 15.5 Å². The molecule has 0 radical (unpaired) electrons. The highest BCUT2D eigenvalue weighted by Gasteiger charge is 2.15. The fraction of sp³-hybridized carbons (Fsp3) is 0. The molecular weight excluding hydrogens is 405 g/mol. The minimum Gasteiger partial charge on any atom is -0.312 e. The van der Waals surface area contributed by atoms with E-state index in [2.05, 4.69) is 10.1 Å². The summed E-state index contributed by atoms with van der Waals surface area (Å²) in [5.74, 6) is -0.768. The number of aromatic nitrogens is 1. The molecule has 0 aliphatic heterocycles. The van der Waals surface area contributed by atoms with E-state index in [9.17, 15) is 14.9 Å². The maximum absolute atomic E-state index is 12.3. The van der Waals surface area contributed by atoms with E-state index in [0.717, 1.165) is 0 Å². The number of pyridine rings is 1. The minimum absolute atomic E-state index is 0.0669. The number of benzene rings is 2. The molecule has 0 amide bonds. The van der Waals surface area contributed by atoms with Crippen molar-refractivity contribution >= 4 is 40.6 Å². The van der Waals surface area contributed by atoms with Gasteiger partial charge in [0.1, 0.15) is 5.71 Å². The van der Waals surface area contributed by atoms with Crippen LogP contribution in [0.15, 0.2) is 72.1 Å². The molecule has 1 heterocycles. The second-order valence-corrected chi connectivity index (χ2v) is 6.33. The Bertz CT molecular complexity index is 1050. The second kappa shape index (κ2) is 8.60. The first-order valence-corrected chi connectivity index (χ1v) is 8.61. The summed E-state index contributed by atoms with van der Waals surface area (Å²) in [5.41, 5.74) is 1.47. The molecule has 0 saturated heterocycles. The molecule has 0 aliphatic carbocycles. The van der Waals surface area contributed by atoms with Crippen molar-refractivity contribution in [1.82, 2.24) is 4.98 Å². The van der Waals surface area contributed by atoms with Crippen LogP contribution >= 0.6 is 23.2 Å². The van der Waals surface area contributed by atoms with Crippen LogP contribution in [0.2, 0.25) is 10.0 Å². The van der Waals surface area contributed by atoms with Crippen molar-refractivity contribution in [2.75, 3.05) is 0 Å². The van der Waals surface area contributed by atoms with E-state index in [1.165, 1.54) is 42.5 Å². The summed E-state index contributed by atoms with van der Waals surface area (Å²) in [6.45, 7) is 0. The molecule has 0 N–H and O–H groups in total. The zero-order valence-corrected chi connectivity index (χ0v) is 15.6. The maximum Gasteiger partial charge on any atom is 0.367 e. The van der Waals surface area contributed by atoms with Crippen molar-refractivity contribution in [3.05, 3.63) is 104 Å². The third-order valence-electron chi connectivity index (χ3n) is 3.68. The van der Waals surface area contributed by atoms with Crippen LogP contribution in [-0.2, 0) is 4.84 Å². The summed E-state index contributed by atoms with van der Waals surface area (Å²) in [5, 5.41) is 15.3. The normalized spacial score (nSPS) is 11.1. The smallest absolute Gasteiger partial charge is 0.312 e. The molecule has 0 atom stereocenters. The van der Waals surface area contributed by atoms with E-state index in [0.29, 0.717) is 21.9 Å². The van der Waals surface area contributed by atoms with Gasteiger partial charge in [-0.3, -0.25) is 15.1 Å². The summed E-state index contributed by atoms with van der Waals surface area (Å²) >= 11 is 11.8. The molecule has 0 fully saturated rings. The SMILES string of the molecule is O=C(ON=C(c1ccncc1)c1ccc([N+](=O)[O-])cc1)c1ccc(Cl)cc1Cl. The average molecular weight is 416 g/mol. The lowest BCUT2D eigenvalue weighted by Crippen LogP contribution is -2.08. The molecule has 28 heavy (non-hydrogen) atoms. The molecule has 0 unspecified atom stereocenters. The number of carbonyl (C=O) groups excluding carboxylic acids is 1. The summed E-state index contributed by atoms with van der Waals surface area (Å²) in [7, 11) is 0. The van der Waals surface area contributed by atoms with Crippen LogP contribution in [0.1, 0.15) is 21.5 Å². The molecule has 2 aromatic carbocycles. The van der Waals surface area contributed by atoms with Crippen molar-refractivity contribution in [3.63, 3.8) is 0 Å². The van der Waals surface area contributed by atoms with Crippen LogP contribution in [0.4, 0.5) is 5.69 Å². The first-order valence-electron chi connectivity index (χ1n) is 7.85. The van der Waals surface area contributed by atoms with Gasteiger partial charge in [0.2, 0.25) is 0 Å². The number of oxime groups is 1. The predicted molar refractivity (Wildman–Crippen MR) is 105 cm³/mol. The third-order valence-corrected chi connectivity index (χ3v) is 4.22. The van der Waals surface area contributed by atoms with Crippen molar-refractivity contribution in [2.45, 2.75) is 0 Å². The number of carbonyl (C=O) groups is 1. The maximum atomic E-state index is 12.3. The quantitative estimate of drug-likeness (QED) is 0.255. The Morgan fingerprint density at radius 1 is 1.00 bits per heavy atom. The Kier molecular flexibility index (Phi) is 5.98. The van der Waals surface area contributed by atoms with E-state index in [1.54, 1.807) is 24.5 Å².